The summed E-state index contributed by atoms with van der Waals surface area (Å²) in [6.45, 7) is 2.96. The number of ketones is 3. The van der Waals surface area contributed by atoms with Crippen molar-refractivity contribution in [3.8, 4) is 17.2 Å². The lowest BCUT2D eigenvalue weighted by Crippen LogP contribution is -2.53. The van der Waals surface area contributed by atoms with E-state index in [4.69, 9.17) is 24.7 Å². The van der Waals surface area contributed by atoms with E-state index in [1.54, 1.807) is 6.92 Å². The predicted octanol–water partition coefficient (Wildman–Crippen LogP) is 1.68. The van der Waals surface area contributed by atoms with E-state index >= 15 is 0 Å². The number of hydrogen-bond acceptors (Lipinski definition) is 11. The Labute approximate surface area is 224 Å². The fourth-order valence-corrected chi connectivity index (χ4v) is 6.02. The van der Waals surface area contributed by atoms with E-state index in [-0.39, 0.29) is 46.9 Å². The van der Waals surface area contributed by atoms with Gasteiger partial charge < -0.3 is 40.0 Å². The molecule has 208 valence electrons. The first-order valence-electron chi connectivity index (χ1n) is 12.6. The molecule has 2 aromatic rings. The molecule has 0 amide bonds. The van der Waals surface area contributed by atoms with E-state index in [2.05, 4.69) is 0 Å². The van der Waals surface area contributed by atoms with Crippen LogP contribution in [0.1, 0.15) is 75.8 Å². The van der Waals surface area contributed by atoms with Gasteiger partial charge in [0, 0.05) is 49.1 Å². The zero-order valence-electron chi connectivity index (χ0n) is 22.0. The molecule has 1 fully saturated rings. The number of carbonyl (C=O) groups excluding carboxylic acids is 3. The molecule has 0 radical (unpaired) electrons. The summed E-state index contributed by atoms with van der Waals surface area (Å²) in [5.74, 6) is -3.06. The summed E-state index contributed by atoms with van der Waals surface area (Å²) < 4.78 is 22.8. The van der Waals surface area contributed by atoms with Crippen LogP contribution in [0.5, 0.6) is 17.2 Å². The molecule has 3 aliphatic rings. The Morgan fingerprint density at radius 1 is 1.10 bits per heavy atom. The fourth-order valence-electron chi connectivity index (χ4n) is 6.02. The summed E-state index contributed by atoms with van der Waals surface area (Å²) in [7, 11) is 2.87. The van der Waals surface area contributed by atoms with Crippen LogP contribution in [0.15, 0.2) is 18.2 Å². The molecule has 5 N–H and O–H groups in total. The van der Waals surface area contributed by atoms with Crippen molar-refractivity contribution < 1.29 is 48.7 Å². The zero-order chi connectivity index (χ0) is 28.4. The van der Waals surface area contributed by atoms with Gasteiger partial charge in [0.15, 0.2) is 17.9 Å². The Morgan fingerprint density at radius 3 is 2.41 bits per heavy atom. The Morgan fingerprint density at radius 2 is 1.79 bits per heavy atom. The number of ether oxygens (including phenoxy) is 4. The SMILES string of the molecule is COc1cccc2c1C(=O)c1c(O)c3c(c(O)c1C2=O)C[C@@](O)(C(C)=O)C[C@@H]3O[C@H]1C[C@H](N)[C@H](OC)[C@H](C)O1. The highest BCUT2D eigenvalue weighted by Gasteiger charge is 2.49. The van der Waals surface area contributed by atoms with Crippen LogP contribution in [0.2, 0.25) is 0 Å². The van der Waals surface area contributed by atoms with Gasteiger partial charge in [-0.2, -0.15) is 0 Å². The molecule has 1 aliphatic heterocycles. The summed E-state index contributed by atoms with van der Waals surface area (Å²) >= 11 is 0. The monoisotopic (exact) mass is 541 g/mol. The van der Waals surface area contributed by atoms with E-state index in [1.165, 1.54) is 39.3 Å². The van der Waals surface area contributed by atoms with Crippen LogP contribution >= 0.6 is 0 Å². The molecule has 6 atom stereocenters. The number of aromatic hydroxyl groups is 2. The summed E-state index contributed by atoms with van der Waals surface area (Å²) in [6, 6.07) is 4.02. The topological polar surface area (TPSA) is 175 Å². The van der Waals surface area contributed by atoms with Gasteiger partial charge in [0.05, 0.1) is 42.1 Å². The van der Waals surface area contributed by atoms with Gasteiger partial charge >= 0.3 is 0 Å². The van der Waals surface area contributed by atoms with Crippen LogP contribution in [-0.4, -0.2) is 77.0 Å². The highest BCUT2D eigenvalue weighted by molar-refractivity contribution is 6.31. The predicted molar refractivity (Wildman–Crippen MR) is 135 cm³/mol. The lowest BCUT2D eigenvalue weighted by Gasteiger charge is -2.42. The number of Topliss-reactive ketones (excluding diaryl/α,β-unsaturated/α-hetero) is 1. The van der Waals surface area contributed by atoms with Gasteiger partial charge in [-0.15, -0.1) is 0 Å². The molecule has 0 saturated carbocycles. The van der Waals surface area contributed by atoms with Crippen molar-refractivity contribution in [3.05, 3.63) is 51.6 Å². The van der Waals surface area contributed by atoms with Crippen molar-refractivity contribution in [3.63, 3.8) is 0 Å². The highest BCUT2D eigenvalue weighted by Crippen LogP contribution is 2.52. The number of aliphatic hydroxyl groups is 1. The lowest BCUT2D eigenvalue weighted by molar-refractivity contribution is -0.250. The first-order chi connectivity index (χ1) is 18.4. The molecular formula is C28H31NO10. The van der Waals surface area contributed by atoms with E-state index < -0.39 is 76.5 Å². The molecule has 2 aromatic carbocycles. The zero-order valence-corrected chi connectivity index (χ0v) is 22.0. The molecule has 11 nitrogen and oxygen atoms in total. The number of phenolic OH excluding ortho intramolecular Hbond substituents is 2. The molecule has 11 heteroatoms. The summed E-state index contributed by atoms with van der Waals surface area (Å²) in [6.07, 6.45) is -3.43. The third kappa shape index (κ3) is 4.12. The molecule has 1 saturated heterocycles. The minimum absolute atomic E-state index is 0.00165. The van der Waals surface area contributed by atoms with Crippen LogP contribution < -0.4 is 10.5 Å². The average molecular weight is 542 g/mol. The lowest BCUT2D eigenvalue weighted by atomic mass is 9.72. The molecule has 2 aliphatic carbocycles. The Hall–Kier alpha value is -3.35. The second-order valence-corrected chi connectivity index (χ2v) is 10.3. The second kappa shape index (κ2) is 9.68. The third-order valence-electron chi connectivity index (χ3n) is 8.04. The number of methoxy groups -OCH3 is 2. The largest absolute Gasteiger partial charge is 0.507 e. The molecule has 1 heterocycles. The first kappa shape index (κ1) is 27.2. The molecule has 0 spiro atoms. The molecule has 0 bridgehead atoms. The number of phenols is 2. The van der Waals surface area contributed by atoms with Crippen molar-refractivity contribution in [2.75, 3.05) is 14.2 Å². The quantitative estimate of drug-likeness (QED) is 0.346. The van der Waals surface area contributed by atoms with Crippen LogP contribution in [0.4, 0.5) is 0 Å². The van der Waals surface area contributed by atoms with Crippen molar-refractivity contribution >= 4 is 17.3 Å². The van der Waals surface area contributed by atoms with Gasteiger partial charge in [-0.3, -0.25) is 14.4 Å². The minimum atomic E-state index is -1.98. The Balaban J connectivity index is 1.66. The van der Waals surface area contributed by atoms with Gasteiger partial charge in [-0.05, 0) is 19.9 Å². The number of fused-ring (bicyclic) bond motifs is 3. The van der Waals surface area contributed by atoms with Crippen LogP contribution in [0, 0.1) is 0 Å². The van der Waals surface area contributed by atoms with E-state index in [0.717, 1.165) is 0 Å². The van der Waals surface area contributed by atoms with E-state index in [9.17, 15) is 29.7 Å². The molecule has 0 unspecified atom stereocenters. The summed E-state index contributed by atoms with van der Waals surface area (Å²) in [5, 5.41) is 34.2. The number of nitrogens with two attached hydrogens (primary N) is 1. The van der Waals surface area contributed by atoms with Crippen molar-refractivity contribution in [2.24, 2.45) is 5.73 Å². The van der Waals surface area contributed by atoms with E-state index in [1.807, 2.05) is 0 Å². The van der Waals surface area contributed by atoms with Gasteiger partial charge in [-0.25, -0.2) is 0 Å². The number of hydrogen-bond donors (Lipinski definition) is 4. The van der Waals surface area contributed by atoms with Crippen LogP contribution in [0.25, 0.3) is 0 Å². The molecule has 39 heavy (non-hydrogen) atoms. The maximum Gasteiger partial charge on any atom is 0.202 e. The van der Waals surface area contributed by atoms with Crippen LogP contribution in [-0.2, 0) is 25.4 Å². The number of benzene rings is 2. The molecule has 5 rings (SSSR count). The third-order valence-corrected chi connectivity index (χ3v) is 8.04. The summed E-state index contributed by atoms with van der Waals surface area (Å²) in [4.78, 5) is 39.7. The number of carbonyl (C=O) groups is 3. The standard InChI is InChI=1S/C28H31NO10/c1-11-27(37-4)15(29)8-18(38-11)39-17-10-28(35,12(2)30)9-14-20(17)26(34)22-21(24(14)32)23(31)13-6-5-7-16(36-3)19(13)25(22)33/h5-7,11,15,17-18,27,32,34-35H,8-10,29H2,1-4H3/t11-,15-,17-,18-,27+,28-/m0/s1. The van der Waals surface area contributed by atoms with Gasteiger partial charge in [0.25, 0.3) is 0 Å². The van der Waals surface area contributed by atoms with Gasteiger partial charge in [-0.1, -0.05) is 12.1 Å². The Bertz CT molecular complexity index is 1380. The van der Waals surface area contributed by atoms with Gasteiger partial charge in [0.2, 0.25) is 5.78 Å². The van der Waals surface area contributed by atoms with Crippen molar-refractivity contribution in [1.29, 1.82) is 0 Å². The molecule has 0 aromatic heterocycles. The van der Waals surface area contributed by atoms with Gasteiger partial charge in [0.1, 0.15) is 22.8 Å². The van der Waals surface area contributed by atoms with Crippen LogP contribution in [0.3, 0.4) is 0 Å². The normalized spacial score (nSPS) is 29.8. The number of rotatable bonds is 5. The molecular weight excluding hydrogens is 510 g/mol. The smallest absolute Gasteiger partial charge is 0.202 e. The minimum Gasteiger partial charge on any atom is -0.507 e. The highest BCUT2D eigenvalue weighted by atomic mass is 16.7. The Kier molecular flexibility index (Phi) is 6.76. The summed E-state index contributed by atoms with van der Waals surface area (Å²) in [5.41, 5.74) is 3.36. The maximum absolute atomic E-state index is 13.7. The van der Waals surface area contributed by atoms with Crippen molar-refractivity contribution in [2.45, 2.75) is 69.4 Å². The van der Waals surface area contributed by atoms with Crippen molar-refractivity contribution in [1.82, 2.24) is 0 Å². The first-order valence-corrected chi connectivity index (χ1v) is 12.6. The average Bonchev–Trinajstić information content (AvgIpc) is 2.88. The fraction of sp³-hybridized carbons (Fsp3) is 0.464. The van der Waals surface area contributed by atoms with E-state index in [0.29, 0.717) is 0 Å². The maximum atomic E-state index is 13.7. The second-order valence-electron chi connectivity index (χ2n) is 10.3.